The van der Waals surface area contributed by atoms with Gasteiger partial charge in [-0.05, 0) is 6.92 Å². The maximum Gasteiger partial charge on any atom is 0 e. The van der Waals surface area contributed by atoms with Crippen LogP contribution in [0.1, 0.15) is 11.1 Å². The van der Waals surface area contributed by atoms with E-state index in [1.807, 2.05) is 42.5 Å². The van der Waals surface area contributed by atoms with Crippen LogP contribution < -0.4 is 0 Å². The van der Waals surface area contributed by atoms with Gasteiger partial charge in [0, 0.05) is 21.1 Å². The molecule has 0 aliphatic rings. The summed E-state index contributed by atoms with van der Waals surface area (Å²) in [6.45, 7) is 4.15. The normalized spacial score (nSPS) is 8.13. The second-order valence-corrected chi connectivity index (χ2v) is 3.23. The minimum atomic E-state index is 0. The van der Waals surface area contributed by atoms with E-state index in [0.29, 0.717) is 0 Å². The Morgan fingerprint density at radius 2 is 1.20 bits per heavy atom. The molecule has 0 saturated heterocycles. The first-order chi connectivity index (χ1) is 6.79. The third-order valence-electron chi connectivity index (χ3n) is 1.83. The minimum Gasteiger partial charge on any atom is -0.184 e. The number of hydrogen-bond donors (Lipinski definition) is 0. The molecule has 0 unspecified atom stereocenters. The zero-order valence-corrected chi connectivity index (χ0v) is 12.0. The third kappa shape index (κ3) is 7.10. The van der Waals surface area contributed by atoms with E-state index < -0.39 is 0 Å². The number of aryl methyl sites for hydroxylation is 2. The van der Waals surface area contributed by atoms with Crippen molar-refractivity contribution >= 4 is 0 Å². The van der Waals surface area contributed by atoms with Gasteiger partial charge in [0.05, 0.1) is 0 Å². The summed E-state index contributed by atoms with van der Waals surface area (Å²) in [4.78, 5) is 0. The van der Waals surface area contributed by atoms with E-state index in [0.717, 1.165) is 0 Å². The minimum absolute atomic E-state index is 0. The van der Waals surface area contributed by atoms with Gasteiger partial charge in [-0.3, -0.25) is 0 Å². The van der Waals surface area contributed by atoms with Crippen molar-refractivity contribution in [2.45, 2.75) is 13.8 Å². The van der Waals surface area contributed by atoms with Crippen molar-refractivity contribution in [1.29, 1.82) is 0 Å². The van der Waals surface area contributed by atoms with Gasteiger partial charge in [-0.1, -0.05) is 42.8 Å². The van der Waals surface area contributed by atoms with Crippen molar-refractivity contribution in [3.8, 4) is 0 Å². The fraction of sp³-hybridized carbons (Fsp3) is 0.143. The largest absolute Gasteiger partial charge is 0.184 e. The summed E-state index contributed by atoms with van der Waals surface area (Å²) in [7, 11) is 0. The Morgan fingerprint density at radius 3 is 1.47 bits per heavy atom. The van der Waals surface area contributed by atoms with E-state index in [1.165, 1.54) is 11.1 Å². The first-order valence-corrected chi connectivity index (χ1v) is 4.73. The second kappa shape index (κ2) is 8.44. The van der Waals surface area contributed by atoms with Crippen LogP contribution in [0.3, 0.4) is 0 Å². The van der Waals surface area contributed by atoms with Crippen LogP contribution in [0.2, 0.25) is 0 Å². The van der Waals surface area contributed by atoms with E-state index in [9.17, 15) is 0 Å². The maximum absolute atomic E-state index is 2.93. The van der Waals surface area contributed by atoms with E-state index in [-0.39, 0.29) is 21.1 Å². The van der Waals surface area contributed by atoms with Crippen LogP contribution in [-0.2, 0) is 21.1 Å². The van der Waals surface area contributed by atoms with E-state index in [2.05, 4.69) is 32.0 Å². The van der Waals surface area contributed by atoms with E-state index in [1.54, 1.807) is 0 Å². The average Bonchev–Trinajstić information content (AvgIpc) is 2.21. The van der Waals surface area contributed by atoms with Crippen molar-refractivity contribution in [2.75, 3.05) is 0 Å². The molecule has 2 aromatic carbocycles. The number of hydrogen-bond acceptors (Lipinski definition) is 0. The predicted molar refractivity (Wildman–Crippen MR) is 61.2 cm³/mol. The van der Waals surface area contributed by atoms with Crippen molar-refractivity contribution in [1.82, 2.24) is 0 Å². The molecule has 15 heavy (non-hydrogen) atoms. The molecule has 2 aromatic rings. The molecule has 1 heteroatoms. The van der Waals surface area contributed by atoms with Gasteiger partial charge in [-0.25, -0.2) is 0 Å². The zero-order valence-electron chi connectivity index (χ0n) is 9.10. The molecule has 0 aliphatic heterocycles. The van der Waals surface area contributed by atoms with Gasteiger partial charge < -0.3 is 0 Å². The van der Waals surface area contributed by atoms with Crippen LogP contribution in [0.15, 0.2) is 54.6 Å². The van der Waals surface area contributed by atoms with Crippen molar-refractivity contribution < 1.29 is 21.1 Å². The monoisotopic (exact) mass is 367 g/mol. The molecule has 2 rings (SSSR count). The summed E-state index contributed by atoms with van der Waals surface area (Å²) in [5, 5.41) is 0. The number of benzene rings is 2. The molecule has 0 fully saturated rings. The van der Waals surface area contributed by atoms with Gasteiger partial charge in [-0.15, -0.1) is 0 Å². The molecular formula is C14H15W-. The Morgan fingerprint density at radius 1 is 0.733 bits per heavy atom. The quantitative estimate of drug-likeness (QED) is 0.622. The van der Waals surface area contributed by atoms with Gasteiger partial charge in [0.25, 0.3) is 0 Å². The summed E-state index contributed by atoms with van der Waals surface area (Å²) in [5.74, 6) is 0. The van der Waals surface area contributed by atoms with Gasteiger partial charge in [-0.2, -0.15) is 35.9 Å². The van der Waals surface area contributed by atoms with E-state index in [4.69, 9.17) is 0 Å². The van der Waals surface area contributed by atoms with Gasteiger partial charge in [0.15, 0.2) is 0 Å². The average molecular weight is 367 g/mol. The molecule has 0 saturated carbocycles. The summed E-state index contributed by atoms with van der Waals surface area (Å²) >= 11 is 0. The first-order valence-electron chi connectivity index (χ1n) is 4.73. The van der Waals surface area contributed by atoms with Crippen LogP contribution in [0.25, 0.3) is 0 Å². The maximum atomic E-state index is 2.93. The summed E-state index contributed by atoms with van der Waals surface area (Å²) in [6, 6.07) is 21.1. The molecule has 0 radical (unpaired) electrons. The Bertz CT molecular complexity index is 303. The fourth-order valence-corrected chi connectivity index (χ4v) is 1.00. The van der Waals surface area contributed by atoms with Crippen LogP contribution in [-0.4, -0.2) is 0 Å². The molecule has 0 heterocycles. The van der Waals surface area contributed by atoms with Crippen LogP contribution in [0.4, 0.5) is 0 Å². The molecule has 78 valence electrons. The van der Waals surface area contributed by atoms with Crippen molar-refractivity contribution in [3.63, 3.8) is 0 Å². The van der Waals surface area contributed by atoms with Crippen LogP contribution >= 0.6 is 0 Å². The zero-order chi connectivity index (χ0) is 10.2. The Balaban J connectivity index is 0.000000245. The molecular weight excluding hydrogens is 352 g/mol. The van der Waals surface area contributed by atoms with Gasteiger partial charge in [0.2, 0.25) is 0 Å². The smallest absolute Gasteiger partial charge is 0 e. The third-order valence-corrected chi connectivity index (χ3v) is 1.83. The molecule has 0 aliphatic carbocycles. The second-order valence-electron chi connectivity index (χ2n) is 3.23. The standard InChI is InChI=1S/C7H8.C7H7.W/c2*1-7-5-3-2-4-6-7;/h2-6H,1H3;3-6H,1H3;/q;-1;. The molecule has 0 nitrogen and oxygen atoms in total. The van der Waals surface area contributed by atoms with Gasteiger partial charge in [0.1, 0.15) is 0 Å². The number of rotatable bonds is 0. The summed E-state index contributed by atoms with van der Waals surface area (Å²) in [5.41, 5.74) is 2.61. The van der Waals surface area contributed by atoms with E-state index >= 15 is 0 Å². The van der Waals surface area contributed by atoms with Gasteiger partial charge >= 0.3 is 0 Å². The molecule has 0 atom stereocenters. The predicted octanol–water partition coefficient (Wildman–Crippen LogP) is 3.79. The fourth-order valence-electron chi connectivity index (χ4n) is 1.00. The van der Waals surface area contributed by atoms with Crippen molar-refractivity contribution in [2.24, 2.45) is 0 Å². The Kier molecular flexibility index (Phi) is 7.95. The summed E-state index contributed by atoms with van der Waals surface area (Å²) < 4.78 is 0. The molecule has 0 N–H and O–H groups in total. The molecule has 0 spiro atoms. The topological polar surface area (TPSA) is 0 Å². The summed E-state index contributed by atoms with van der Waals surface area (Å²) in [6.07, 6.45) is 0. The van der Waals surface area contributed by atoms with Crippen molar-refractivity contribution in [3.05, 3.63) is 71.8 Å². The van der Waals surface area contributed by atoms with Crippen LogP contribution in [0, 0.1) is 19.9 Å². The molecule has 0 bridgehead atoms. The molecule has 0 amide bonds. The Hall–Kier alpha value is -0.872. The first kappa shape index (κ1) is 14.1. The Labute approximate surface area is 107 Å². The molecule has 0 aromatic heterocycles. The SMILES string of the molecule is Cc1cc[c-]cc1.Cc1ccccc1.[W]. The van der Waals surface area contributed by atoms with Crippen LogP contribution in [0.5, 0.6) is 0 Å².